The third kappa shape index (κ3) is 4.51. The fourth-order valence-corrected chi connectivity index (χ4v) is 6.85. The van der Waals surface area contributed by atoms with Gasteiger partial charge in [-0.05, 0) is 27.7 Å². The van der Waals surface area contributed by atoms with Gasteiger partial charge in [0.1, 0.15) is 5.70 Å². The summed E-state index contributed by atoms with van der Waals surface area (Å²) >= 11 is 3.36. The number of carbonyl (C=O) groups excluding carboxylic acids is 3. The predicted octanol–water partition coefficient (Wildman–Crippen LogP) is 1.67. The first kappa shape index (κ1) is 24.4. The molecule has 0 aliphatic carbocycles. The Kier molecular flexibility index (Phi) is 6.76. The summed E-state index contributed by atoms with van der Waals surface area (Å²) in [6.45, 7) is 10.7. The number of thioether (sulfide) groups is 2. The Morgan fingerprint density at radius 2 is 2.00 bits per heavy atom. The number of hydrogen-bond acceptors (Lipinski definition) is 10. The molecule has 11 heteroatoms. The van der Waals surface area contributed by atoms with Gasteiger partial charge in [-0.25, -0.2) is 4.79 Å². The van der Waals surface area contributed by atoms with E-state index in [0.717, 1.165) is 35.5 Å². The van der Waals surface area contributed by atoms with E-state index in [1.54, 1.807) is 51.2 Å². The number of aliphatic hydroxyl groups excluding tert-OH is 1. The Bertz CT molecular complexity index is 906. The van der Waals surface area contributed by atoms with Gasteiger partial charge in [0.2, 0.25) is 12.7 Å². The van der Waals surface area contributed by atoms with E-state index in [4.69, 9.17) is 9.47 Å². The molecule has 2 saturated heterocycles. The van der Waals surface area contributed by atoms with Crippen LogP contribution in [0.1, 0.15) is 34.6 Å². The lowest BCUT2D eigenvalue weighted by Crippen LogP contribution is -2.63. The molecule has 4 aliphatic rings. The fraction of sp³-hybridized carbons (Fsp3) is 0.727. The number of β-lactam (4-membered cyclic amide) rings is 1. The van der Waals surface area contributed by atoms with Crippen LogP contribution in [0.4, 0.5) is 0 Å². The van der Waals surface area contributed by atoms with E-state index in [-0.39, 0.29) is 28.8 Å². The summed E-state index contributed by atoms with van der Waals surface area (Å²) < 4.78 is 10.3. The van der Waals surface area contributed by atoms with Crippen molar-refractivity contribution in [1.82, 2.24) is 9.80 Å². The van der Waals surface area contributed by atoms with Gasteiger partial charge in [-0.3, -0.25) is 14.6 Å². The van der Waals surface area contributed by atoms with Crippen molar-refractivity contribution in [3.05, 3.63) is 10.6 Å². The predicted molar refractivity (Wildman–Crippen MR) is 126 cm³/mol. The highest BCUT2D eigenvalue weighted by Gasteiger charge is 2.60. The number of amidine groups is 1. The van der Waals surface area contributed by atoms with Crippen molar-refractivity contribution in [1.29, 1.82) is 0 Å². The topological polar surface area (TPSA) is 109 Å². The van der Waals surface area contributed by atoms with Crippen LogP contribution in [-0.4, -0.2) is 87.5 Å². The molecule has 1 N–H and O–H groups in total. The number of esters is 2. The van der Waals surface area contributed by atoms with Gasteiger partial charge >= 0.3 is 11.9 Å². The van der Waals surface area contributed by atoms with Crippen LogP contribution in [0.25, 0.3) is 0 Å². The Balaban J connectivity index is 1.47. The van der Waals surface area contributed by atoms with Crippen molar-refractivity contribution in [2.45, 2.75) is 52.0 Å². The molecule has 182 valence electrons. The minimum Gasteiger partial charge on any atom is -0.427 e. The number of nitrogens with zero attached hydrogens (tertiary/aromatic N) is 3. The molecule has 4 aliphatic heterocycles. The average molecular weight is 498 g/mol. The van der Waals surface area contributed by atoms with Crippen LogP contribution >= 0.6 is 23.5 Å². The summed E-state index contributed by atoms with van der Waals surface area (Å²) in [7, 11) is 0. The molecule has 4 atom stereocenters. The maximum Gasteiger partial charge on any atom is 0.358 e. The number of rotatable bonds is 6. The zero-order valence-electron chi connectivity index (χ0n) is 19.6. The van der Waals surface area contributed by atoms with Crippen molar-refractivity contribution >= 4 is 46.5 Å². The molecule has 4 heterocycles. The molecule has 2 fully saturated rings. The van der Waals surface area contributed by atoms with Crippen molar-refractivity contribution in [2.24, 2.45) is 22.2 Å². The number of amides is 1. The second-order valence-electron chi connectivity index (χ2n) is 9.86. The van der Waals surface area contributed by atoms with Crippen LogP contribution in [0.5, 0.6) is 0 Å². The summed E-state index contributed by atoms with van der Waals surface area (Å²) in [5.41, 5.74) is -0.493. The molecule has 1 unspecified atom stereocenters. The van der Waals surface area contributed by atoms with Crippen molar-refractivity contribution in [3.63, 3.8) is 0 Å². The maximum absolute atomic E-state index is 13.0. The van der Waals surface area contributed by atoms with Crippen LogP contribution in [0.3, 0.4) is 0 Å². The quantitative estimate of drug-likeness (QED) is 0.333. The van der Waals surface area contributed by atoms with Crippen molar-refractivity contribution < 1.29 is 29.0 Å². The Labute approximate surface area is 202 Å². The van der Waals surface area contributed by atoms with E-state index in [9.17, 15) is 19.5 Å². The third-order valence-electron chi connectivity index (χ3n) is 6.28. The molecule has 0 radical (unpaired) electrons. The van der Waals surface area contributed by atoms with E-state index >= 15 is 0 Å². The summed E-state index contributed by atoms with van der Waals surface area (Å²) in [5.74, 6) is -1.06. The Morgan fingerprint density at radius 3 is 2.58 bits per heavy atom. The van der Waals surface area contributed by atoms with Crippen LogP contribution in [0, 0.1) is 17.3 Å². The molecule has 0 spiro atoms. The molecule has 9 nitrogen and oxygen atoms in total. The Hall–Kier alpha value is -1.72. The zero-order valence-corrected chi connectivity index (χ0v) is 21.2. The summed E-state index contributed by atoms with van der Waals surface area (Å²) in [5, 5.41) is 11.5. The van der Waals surface area contributed by atoms with Crippen LogP contribution < -0.4 is 0 Å². The SMILES string of the molecule is C[C@@H](O)C1C(=O)N2C(C(=O)OCOC(=O)C(C)(C)C)=C(SC3CN(C4=NCCS4)C3)[C@H](C)[C@H]12. The van der Waals surface area contributed by atoms with E-state index < -0.39 is 36.2 Å². The van der Waals surface area contributed by atoms with E-state index in [1.807, 2.05) is 6.92 Å². The number of fused-ring (bicyclic) bond motifs is 1. The van der Waals surface area contributed by atoms with E-state index in [0.29, 0.717) is 0 Å². The number of aliphatic hydroxyl groups is 1. The highest BCUT2D eigenvalue weighted by atomic mass is 32.2. The first-order valence-electron chi connectivity index (χ1n) is 11.2. The molecule has 33 heavy (non-hydrogen) atoms. The normalized spacial score (nSPS) is 28.2. The monoisotopic (exact) mass is 497 g/mol. The van der Waals surface area contributed by atoms with E-state index in [2.05, 4.69) is 9.89 Å². The molecule has 0 aromatic heterocycles. The molecule has 0 bridgehead atoms. The van der Waals surface area contributed by atoms with Crippen LogP contribution in [-0.2, 0) is 23.9 Å². The van der Waals surface area contributed by atoms with Gasteiger partial charge in [0, 0.05) is 34.9 Å². The van der Waals surface area contributed by atoms with E-state index in [1.165, 1.54) is 4.90 Å². The van der Waals surface area contributed by atoms with Crippen molar-refractivity contribution in [3.8, 4) is 0 Å². The first-order valence-corrected chi connectivity index (χ1v) is 13.1. The smallest absolute Gasteiger partial charge is 0.358 e. The Morgan fingerprint density at radius 1 is 1.30 bits per heavy atom. The van der Waals surface area contributed by atoms with Gasteiger partial charge < -0.3 is 24.4 Å². The molecule has 0 aromatic rings. The second-order valence-corrected chi connectivity index (χ2v) is 12.3. The lowest BCUT2D eigenvalue weighted by Gasteiger charge is -2.46. The van der Waals surface area contributed by atoms with Gasteiger partial charge in [-0.1, -0.05) is 18.7 Å². The van der Waals surface area contributed by atoms with Crippen LogP contribution in [0.15, 0.2) is 15.6 Å². The number of ether oxygens (including phenoxy) is 2. The number of aliphatic imine (C=N–C) groups is 1. The minimum absolute atomic E-state index is 0.0979. The standard InChI is InChI=1S/C22H31N3O6S2/c1-11-15-14(12(2)26)18(27)25(15)16(19(28)30-10-31-20(29)22(3,4)5)17(11)33-13-8-24(9-13)21-23-6-7-32-21/h11-15,26H,6-10H2,1-5H3/t11-,12-,14?,15-/m1/s1. The third-order valence-corrected chi connectivity index (χ3v) is 8.76. The highest BCUT2D eigenvalue weighted by molar-refractivity contribution is 8.14. The molecular formula is C22H31N3O6S2. The first-order chi connectivity index (χ1) is 15.5. The second kappa shape index (κ2) is 9.14. The van der Waals surface area contributed by atoms with Gasteiger partial charge in [0.25, 0.3) is 0 Å². The van der Waals surface area contributed by atoms with Gasteiger partial charge in [-0.15, -0.1) is 11.8 Å². The van der Waals surface area contributed by atoms with Gasteiger partial charge in [0.05, 0.1) is 30.0 Å². The number of hydrogen-bond donors (Lipinski definition) is 1. The number of carbonyl (C=O) groups is 3. The fourth-order valence-electron chi connectivity index (χ4n) is 4.45. The molecule has 0 saturated carbocycles. The van der Waals surface area contributed by atoms with Gasteiger partial charge in [0.15, 0.2) is 5.17 Å². The largest absolute Gasteiger partial charge is 0.427 e. The average Bonchev–Trinajstić information content (AvgIpc) is 3.29. The highest BCUT2D eigenvalue weighted by Crippen LogP contribution is 2.52. The minimum atomic E-state index is -0.799. The molecule has 1 amide bonds. The zero-order chi connectivity index (χ0) is 24.1. The summed E-state index contributed by atoms with van der Waals surface area (Å²) in [6.07, 6.45) is -0.799. The maximum atomic E-state index is 13.0. The summed E-state index contributed by atoms with van der Waals surface area (Å²) in [4.78, 5) is 46.8. The summed E-state index contributed by atoms with van der Waals surface area (Å²) in [6, 6.07) is -0.273. The lowest BCUT2D eigenvalue weighted by molar-refractivity contribution is -0.175. The molecule has 0 aromatic carbocycles. The molecular weight excluding hydrogens is 466 g/mol. The van der Waals surface area contributed by atoms with Crippen molar-refractivity contribution in [2.75, 3.05) is 32.2 Å². The van der Waals surface area contributed by atoms with Gasteiger partial charge in [-0.2, -0.15) is 0 Å². The number of likely N-dealkylation sites (tertiary alicyclic amines) is 1. The molecule has 4 rings (SSSR count). The lowest BCUT2D eigenvalue weighted by atomic mass is 9.79. The van der Waals surface area contributed by atoms with Crippen LogP contribution in [0.2, 0.25) is 0 Å².